The third-order valence-corrected chi connectivity index (χ3v) is 3.73. The lowest BCUT2D eigenvalue weighted by molar-refractivity contribution is 0.393. The number of piperidine rings is 1. The number of hydrogen-bond donors (Lipinski definition) is 1. The van der Waals surface area contributed by atoms with Crippen molar-refractivity contribution >= 4 is 5.69 Å². The number of hydrogen-bond acceptors (Lipinski definition) is 5. The van der Waals surface area contributed by atoms with Crippen molar-refractivity contribution in [2.45, 2.75) is 18.8 Å². The summed E-state index contributed by atoms with van der Waals surface area (Å²) in [7, 11) is 4.05. The van der Waals surface area contributed by atoms with Gasteiger partial charge in [0.05, 0.1) is 0 Å². The van der Waals surface area contributed by atoms with Crippen LogP contribution >= 0.6 is 0 Å². The summed E-state index contributed by atoms with van der Waals surface area (Å²) in [6.45, 7) is 2.03. The van der Waals surface area contributed by atoms with E-state index in [-0.39, 0.29) is 0 Å². The van der Waals surface area contributed by atoms with Gasteiger partial charge in [-0.15, -0.1) is 0 Å². The van der Waals surface area contributed by atoms with Gasteiger partial charge in [-0.3, -0.25) is 0 Å². The van der Waals surface area contributed by atoms with Gasteiger partial charge in [-0.1, -0.05) is 5.16 Å². The van der Waals surface area contributed by atoms with Crippen LogP contribution in [0.25, 0.3) is 11.5 Å². The monoisotopic (exact) mass is 272 g/mol. The molecule has 106 valence electrons. The minimum atomic E-state index is 0.377. The quantitative estimate of drug-likeness (QED) is 0.929. The summed E-state index contributed by atoms with van der Waals surface area (Å²) >= 11 is 0. The molecule has 3 rings (SSSR count). The van der Waals surface area contributed by atoms with E-state index in [0.717, 1.165) is 36.6 Å². The zero-order valence-corrected chi connectivity index (χ0v) is 12.0. The number of nitrogens with one attached hydrogen (secondary N) is 1. The number of rotatable bonds is 3. The predicted octanol–water partition coefficient (Wildman–Crippen LogP) is 2.27. The second kappa shape index (κ2) is 5.63. The molecule has 20 heavy (non-hydrogen) atoms. The first kappa shape index (κ1) is 13.1. The van der Waals surface area contributed by atoms with Gasteiger partial charge < -0.3 is 14.7 Å². The topological polar surface area (TPSA) is 54.2 Å². The average Bonchev–Trinajstić information content (AvgIpc) is 2.98. The summed E-state index contributed by atoms with van der Waals surface area (Å²) in [5.74, 6) is 1.81. The molecule has 0 radical (unpaired) electrons. The standard InChI is InChI=1S/C15H20N4O/c1-19(2)13-7-5-11(6-8-13)15-17-14(18-20-15)12-4-3-9-16-10-12/h5-8,12,16H,3-4,9-10H2,1-2H3. The molecule has 0 aliphatic carbocycles. The lowest BCUT2D eigenvalue weighted by atomic mass is 9.99. The first-order chi connectivity index (χ1) is 9.74. The molecule has 0 spiro atoms. The molecule has 1 saturated heterocycles. The van der Waals surface area contributed by atoms with Crippen LogP contribution in [0.3, 0.4) is 0 Å². The molecule has 5 heteroatoms. The molecule has 0 saturated carbocycles. The summed E-state index contributed by atoms with van der Waals surface area (Å²) in [5.41, 5.74) is 2.13. The fraction of sp³-hybridized carbons (Fsp3) is 0.467. The maximum Gasteiger partial charge on any atom is 0.257 e. The normalized spacial score (nSPS) is 19.0. The molecular formula is C15H20N4O. The van der Waals surface area contributed by atoms with E-state index in [1.165, 1.54) is 6.42 Å². The summed E-state index contributed by atoms with van der Waals surface area (Å²) in [4.78, 5) is 6.61. The van der Waals surface area contributed by atoms with Crippen LogP contribution < -0.4 is 10.2 Å². The van der Waals surface area contributed by atoms with Crippen LogP contribution in [0.1, 0.15) is 24.6 Å². The van der Waals surface area contributed by atoms with Gasteiger partial charge in [-0.2, -0.15) is 4.98 Å². The zero-order chi connectivity index (χ0) is 13.9. The average molecular weight is 272 g/mol. The van der Waals surface area contributed by atoms with E-state index in [4.69, 9.17) is 4.52 Å². The Hall–Kier alpha value is -1.88. The Balaban J connectivity index is 1.78. The molecule has 1 aromatic carbocycles. The maximum absolute atomic E-state index is 5.40. The number of aromatic nitrogens is 2. The highest BCUT2D eigenvalue weighted by molar-refractivity contribution is 5.58. The smallest absolute Gasteiger partial charge is 0.257 e. The Morgan fingerprint density at radius 2 is 2.05 bits per heavy atom. The third-order valence-electron chi connectivity index (χ3n) is 3.73. The van der Waals surface area contributed by atoms with E-state index >= 15 is 0 Å². The summed E-state index contributed by atoms with van der Waals surface area (Å²) in [6, 6.07) is 8.15. The van der Waals surface area contributed by atoms with E-state index in [0.29, 0.717) is 11.8 Å². The molecular weight excluding hydrogens is 252 g/mol. The highest BCUT2D eigenvalue weighted by atomic mass is 16.5. The van der Waals surface area contributed by atoms with Crippen molar-refractivity contribution in [2.75, 3.05) is 32.1 Å². The van der Waals surface area contributed by atoms with Crippen LogP contribution in [0.4, 0.5) is 5.69 Å². The molecule has 1 aliphatic heterocycles. The Labute approximate surface area is 119 Å². The van der Waals surface area contributed by atoms with Crippen molar-refractivity contribution in [1.29, 1.82) is 0 Å². The Kier molecular flexibility index (Phi) is 3.69. The number of anilines is 1. The molecule has 0 bridgehead atoms. The molecule has 2 heterocycles. The molecule has 0 amide bonds. The Morgan fingerprint density at radius 3 is 2.70 bits per heavy atom. The molecule has 2 aromatic rings. The van der Waals surface area contributed by atoms with Gasteiger partial charge in [-0.25, -0.2) is 0 Å². The molecule has 1 N–H and O–H groups in total. The van der Waals surface area contributed by atoms with Crippen molar-refractivity contribution in [3.63, 3.8) is 0 Å². The second-order valence-electron chi connectivity index (χ2n) is 5.44. The van der Waals surface area contributed by atoms with Gasteiger partial charge in [0.25, 0.3) is 5.89 Å². The van der Waals surface area contributed by atoms with Gasteiger partial charge in [0.15, 0.2) is 5.82 Å². The summed E-state index contributed by atoms with van der Waals surface area (Å²) < 4.78 is 5.40. The minimum Gasteiger partial charge on any atom is -0.378 e. The van der Waals surface area contributed by atoms with Gasteiger partial charge >= 0.3 is 0 Å². The fourth-order valence-corrected chi connectivity index (χ4v) is 2.49. The van der Waals surface area contributed by atoms with Crippen LogP contribution in [0.5, 0.6) is 0 Å². The molecule has 1 atom stereocenters. The fourth-order valence-electron chi connectivity index (χ4n) is 2.49. The first-order valence-corrected chi connectivity index (χ1v) is 7.06. The Morgan fingerprint density at radius 1 is 1.25 bits per heavy atom. The second-order valence-corrected chi connectivity index (χ2v) is 5.44. The highest BCUT2D eigenvalue weighted by Crippen LogP contribution is 2.25. The van der Waals surface area contributed by atoms with E-state index < -0.39 is 0 Å². The van der Waals surface area contributed by atoms with Crippen molar-refractivity contribution in [3.8, 4) is 11.5 Å². The van der Waals surface area contributed by atoms with Crippen molar-refractivity contribution in [2.24, 2.45) is 0 Å². The summed E-state index contributed by atoms with van der Waals surface area (Å²) in [5, 5.41) is 7.51. The number of benzene rings is 1. The van der Waals surface area contributed by atoms with E-state index in [1.54, 1.807) is 0 Å². The SMILES string of the molecule is CN(C)c1ccc(-c2nc(C3CCCNC3)no2)cc1. The van der Waals surface area contributed by atoms with E-state index in [2.05, 4.69) is 32.5 Å². The van der Waals surface area contributed by atoms with Crippen LogP contribution in [0, 0.1) is 0 Å². The largest absolute Gasteiger partial charge is 0.378 e. The maximum atomic E-state index is 5.40. The molecule has 1 unspecified atom stereocenters. The van der Waals surface area contributed by atoms with Gasteiger partial charge in [0, 0.05) is 37.8 Å². The van der Waals surface area contributed by atoms with Crippen LogP contribution in [-0.2, 0) is 0 Å². The van der Waals surface area contributed by atoms with Gasteiger partial charge in [-0.05, 0) is 43.7 Å². The van der Waals surface area contributed by atoms with E-state index in [1.807, 2.05) is 26.2 Å². The zero-order valence-electron chi connectivity index (χ0n) is 12.0. The van der Waals surface area contributed by atoms with Crippen molar-refractivity contribution in [3.05, 3.63) is 30.1 Å². The lowest BCUT2D eigenvalue weighted by Crippen LogP contribution is -2.28. The Bertz CT molecular complexity index is 556. The molecule has 1 fully saturated rings. The van der Waals surface area contributed by atoms with Crippen LogP contribution in [0.2, 0.25) is 0 Å². The summed E-state index contributed by atoms with van der Waals surface area (Å²) in [6.07, 6.45) is 2.30. The molecule has 5 nitrogen and oxygen atoms in total. The van der Waals surface area contributed by atoms with Crippen molar-refractivity contribution in [1.82, 2.24) is 15.5 Å². The van der Waals surface area contributed by atoms with Gasteiger partial charge in [0.2, 0.25) is 0 Å². The van der Waals surface area contributed by atoms with Crippen LogP contribution in [0.15, 0.2) is 28.8 Å². The van der Waals surface area contributed by atoms with E-state index in [9.17, 15) is 0 Å². The highest BCUT2D eigenvalue weighted by Gasteiger charge is 2.21. The van der Waals surface area contributed by atoms with Gasteiger partial charge in [0.1, 0.15) is 0 Å². The predicted molar refractivity (Wildman–Crippen MR) is 78.9 cm³/mol. The third kappa shape index (κ3) is 2.67. The lowest BCUT2D eigenvalue weighted by Gasteiger charge is -2.19. The van der Waals surface area contributed by atoms with Crippen molar-refractivity contribution < 1.29 is 4.52 Å². The number of nitrogens with zero attached hydrogens (tertiary/aromatic N) is 3. The first-order valence-electron chi connectivity index (χ1n) is 7.06. The minimum absolute atomic E-state index is 0.377. The molecule has 1 aliphatic rings. The molecule has 1 aromatic heterocycles. The van der Waals surface area contributed by atoms with Crippen LogP contribution in [-0.4, -0.2) is 37.3 Å².